The molecule has 0 aliphatic heterocycles. The van der Waals surface area contributed by atoms with Gasteiger partial charge in [-0.15, -0.1) is 0 Å². The van der Waals surface area contributed by atoms with Crippen molar-refractivity contribution in [1.82, 2.24) is 4.57 Å². The fourth-order valence-corrected chi connectivity index (χ4v) is 3.35. The van der Waals surface area contributed by atoms with Crippen LogP contribution in [-0.4, -0.2) is 23.6 Å². The molecule has 4 aromatic rings. The summed E-state index contributed by atoms with van der Waals surface area (Å²) >= 11 is 0. The summed E-state index contributed by atoms with van der Waals surface area (Å²) in [5.74, 6) is -0.958. The van der Waals surface area contributed by atoms with E-state index >= 15 is 0 Å². The van der Waals surface area contributed by atoms with Gasteiger partial charge in [0.2, 0.25) is 0 Å². The van der Waals surface area contributed by atoms with E-state index in [1.54, 1.807) is 36.4 Å². The molecule has 0 spiro atoms. The predicted octanol–water partition coefficient (Wildman–Crippen LogP) is 4.09. The minimum Gasteiger partial charge on any atom is -0.464 e. The summed E-state index contributed by atoms with van der Waals surface area (Å²) in [4.78, 5) is 25.3. The zero-order valence-corrected chi connectivity index (χ0v) is 16.5. The Hall–Kier alpha value is -4.57. The van der Waals surface area contributed by atoms with Crippen molar-refractivity contribution >= 4 is 28.4 Å². The summed E-state index contributed by atoms with van der Waals surface area (Å²) < 4.78 is 11.8. The molecule has 4 rings (SSSR count). The lowest BCUT2D eigenvalue weighted by Crippen LogP contribution is -2.16. The third kappa shape index (κ3) is 3.58. The third-order valence-electron chi connectivity index (χ3n) is 4.86. The summed E-state index contributed by atoms with van der Waals surface area (Å²) in [5, 5.41) is 11.3. The van der Waals surface area contributed by atoms with Crippen molar-refractivity contribution in [3.8, 4) is 17.5 Å². The average molecular weight is 411 g/mol. The number of methoxy groups -OCH3 is 1. The van der Waals surface area contributed by atoms with Crippen LogP contribution >= 0.6 is 0 Å². The number of anilines is 1. The molecule has 0 atom stereocenters. The molecule has 0 aliphatic carbocycles. The SMILES string of the molecule is COC(=O)c1c(N)c(C#N)cn1-c1ccccc1C(=O)Oc1ccc2ccccc2c1. The van der Waals surface area contributed by atoms with Crippen molar-refractivity contribution in [2.45, 2.75) is 0 Å². The fraction of sp³-hybridized carbons (Fsp3) is 0.0417. The van der Waals surface area contributed by atoms with Crippen LogP contribution in [0.4, 0.5) is 5.69 Å². The maximum absolute atomic E-state index is 13.0. The van der Waals surface area contributed by atoms with Gasteiger partial charge >= 0.3 is 11.9 Å². The molecule has 2 N–H and O–H groups in total. The molecule has 0 fully saturated rings. The topological polar surface area (TPSA) is 107 Å². The van der Waals surface area contributed by atoms with Gasteiger partial charge in [0.05, 0.1) is 29.6 Å². The highest BCUT2D eigenvalue weighted by Crippen LogP contribution is 2.28. The van der Waals surface area contributed by atoms with Crippen molar-refractivity contribution < 1.29 is 19.1 Å². The molecular weight excluding hydrogens is 394 g/mol. The first kappa shape index (κ1) is 19.7. The lowest BCUT2D eigenvalue weighted by atomic mass is 10.1. The molecule has 7 nitrogen and oxygen atoms in total. The summed E-state index contributed by atoms with van der Waals surface area (Å²) in [6, 6.07) is 21.6. The average Bonchev–Trinajstić information content (AvgIpc) is 3.14. The first-order valence-corrected chi connectivity index (χ1v) is 9.33. The molecule has 0 radical (unpaired) electrons. The van der Waals surface area contributed by atoms with Crippen LogP contribution in [0.5, 0.6) is 5.75 Å². The van der Waals surface area contributed by atoms with Crippen LogP contribution in [0.3, 0.4) is 0 Å². The Morgan fingerprint density at radius 3 is 2.42 bits per heavy atom. The number of fused-ring (bicyclic) bond motifs is 1. The second-order valence-corrected chi connectivity index (χ2v) is 6.69. The van der Waals surface area contributed by atoms with Gasteiger partial charge in [-0.05, 0) is 35.0 Å². The summed E-state index contributed by atoms with van der Waals surface area (Å²) in [7, 11) is 1.21. The normalized spacial score (nSPS) is 10.5. The van der Waals surface area contributed by atoms with Crippen LogP contribution in [0.15, 0.2) is 72.9 Å². The van der Waals surface area contributed by atoms with Crippen LogP contribution in [0.2, 0.25) is 0 Å². The Bertz CT molecular complexity index is 1370. The smallest absolute Gasteiger partial charge is 0.357 e. The van der Waals surface area contributed by atoms with E-state index in [1.807, 2.05) is 36.4 Å². The number of nitriles is 1. The number of para-hydroxylation sites is 1. The molecule has 31 heavy (non-hydrogen) atoms. The third-order valence-corrected chi connectivity index (χ3v) is 4.86. The number of nitrogens with two attached hydrogens (primary N) is 1. The number of hydrogen-bond donors (Lipinski definition) is 1. The maximum Gasteiger partial charge on any atom is 0.357 e. The van der Waals surface area contributed by atoms with Crippen LogP contribution in [0.1, 0.15) is 26.4 Å². The van der Waals surface area contributed by atoms with E-state index in [4.69, 9.17) is 15.2 Å². The molecule has 0 bridgehead atoms. The molecule has 1 heterocycles. The lowest BCUT2D eigenvalue weighted by molar-refractivity contribution is 0.0591. The monoisotopic (exact) mass is 411 g/mol. The largest absolute Gasteiger partial charge is 0.464 e. The number of nitrogens with zero attached hydrogens (tertiary/aromatic N) is 2. The minimum absolute atomic E-state index is 0.0213. The number of ether oxygens (including phenoxy) is 2. The number of hydrogen-bond acceptors (Lipinski definition) is 6. The van der Waals surface area contributed by atoms with Gasteiger partial charge in [-0.25, -0.2) is 9.59 Å². The summed E-state index contributed by atoms with van der Waals surface area (Å²) in [5.41, 5.74) is 6.54. The van der Waals surface area contributed by atoms with Crippen molar-refractivity contribution in [2.75, 3.05) is 12.8 Å². The quantitative estimate of drug-likeness (QED) is 0.400. The highest BCUT2D eigenvalue weighted by Gasteiger charge is 2.24. The maximum atomic E-state index is 13.0. The van der Waals surface area contributed by atoms with E-state index in [2.05, 4.69) is 0 Å². The molecule has 1 aromatic heterocycles. The van der Waals surface area contributed by atoms with Crippen molar-refractivity contribution in [3.05, 3.63) is 89.7 Å². The standard InChI is InChI=1S/C24H17N3O4/c1-30-24(29)22-21(26)17(13-25)14-27(22)20-9-5-4-8-19(20)23(28)31-18-11-10-15-6-2-3-7-16(15)12-18/h2-12,14H,26H2,1H3. The molecule has 0 saturated carbocycles. The molecule has 7 heteroatoms. The van der Waals surface area contributed by atoms with Crippen molar-refractivity contribution in [2.24, 2.45) is 0 Å². The molecule has 152 valence electrons. The van der Waals surface area contributed by atoms with Gasteiger partial charge in [0.1, 0.15) is 11.8 Å². The van der Waals surface area contributed by atoms with Crippen molar-refractivity contribution in [3.63, 3.8) is 0 Å². The minimum atomic E-state index is -0.725. The Morgan fingerprint density at radius 2 is 1.68 bits per heavy atom. The molecule has 0 unspecified atom stereocenters. The Morgan fingerprint density at radius 1 is 0.968 bits per heavy atom. The highest BCUT2D eigenvalue weighted by atomic mass is 16.5. The molecular formula is C24H17N3O4. The van der Waals surface area contributed by atoms with Crippen LogP contribution in [-0.2, 0) is 4.74 Å². The van der Waals surface area contributed by atoms with E-state index in [1.165, 1.54) is 17.9 Å². The van der Waals surface area contributed by atoms with E-state index in [9.17, 15) is 14.9 Å². The Labute approximate surface area is 177 Å². The van der Waals surface area contributed by atoms with Gasteiger partial charge in [-0.1, -0.05) is 42.5 Å². The molecule has 0 amide bonds. The van der Waals surface area contributed by atoms with Gasteiger partial charge in [0.25, 0.3) is 0 Å². The van der Waals surface area contributed by atoms with Gasteiger partial charge in [0.15, 0.2) is 5.69 Å². The number of carbonyl (C=O) groups excluding carboxylic acids is 2. The van der Waals surface area contributed by atoms with E-state index in [0.29, 0.717) is 11.4 Å². The summed E-state index contributed by atoms with van der Waals surface area (Å²) in [6.45, 7) is 0. The second-order valence-electron chi connectivity index (χ2n) is 6.69. The van der Waals surface area contributed by atoms with Crippen molar-refractivity contribution in [1.29, 1.82) is 5.26 Å². The lowest BCUT2D eigenvalue weighted by Gasteiger charge is -2.13. The van der Waals surface area contributed by atoms with Crippen LogP contribution in [0, 0.1) is 11.3 Å². The predicted molar refractivity (Wildman–Crippen MR) is 115 cm³/mol. The van der Waals surface area contributed by atoms with E-state index in [-0.39, 0.29) is 22.5 Å². The van der Waals surface area contributed by atoms with Gasteiger partial charge in [-0.2, -0.15) is 5.26 Å². The van der Waals surface area contributed by atoms with Crippen LogP contribution in [0.25, 0.3) is 16.5 Å². The number of carbonyl (C=O) groups is 2. The number of rotatable bonds is 4. The number of esters is 2. The zero-order valence-electron chi connectivity index (χ0n) is 16.5. The van der Waals surface area contributed by atoms with Gasteiger partial charge in [0, 0.05) is 6.20 Å². The Kier molecular flexibility index (Phi) is 5.12. The molecule has 0 saturated heterocycles. The first-order chi connectivity index (χ1) is 15.0. The molecule has 0 aliphatic rings. The van der Waals surface area contributed by atoms with E-state index in [0.717, 1.165) is 10.8 Å². The summed E-state index contributed by atoms with van der Waals surface area (Å²) in [6.07, 6.45) is 1.39. The zero-order chi connectivity index (χ0) is 22.0. The van der Waals surface area contributed by atoms with E-state index < -0.39 is 11.9 Å². The number of nitrogen functional groups attached to an aromatic ring is 1. The number of aromatic nitrogens is 1. The number of benzene rings is 3. The van der Waals surface area contributed by atoms with Gasteiger partial charge < -0.3 is 19.8 Å². The van der Waals surface area contributed by atoms with Crippen LogP contribution < -0.4 is 10.5 Å². The Balaban J connectivity index is 1.76. The fourth-order valence-electron chi connectivity index (χ4n) is 3.35. The van der Waals surface area contributed by atoms with Gasteiger partial charge in [-0.3, -0.25) is 0 Å². The highest BCUT2D eigenvalue weighted by molar-refractivity contribution is 5.99. The second kappa shape index (κ2) is 8.05. The molecule has 3 aromatic carbocycles. The first-order valence-electron chi connectivity index (χ1n) is 9.33.